The molecule has 0 saturated carbocycles. The first-order chi connectivity index (χ1) is 26.3. The number of hydrogen-bond donors (Lipinski definition) is 0. The molecule has 0 aliphatic carbocycles. The van der Waals surface area contributed by atoms with E-state index in [1.807, 2.05) is 36.4 Å². The molecule has 0 unspecified atom stereocenters. The minimum Gasteiger partial charge on any atom is -0.309 e. The zero-order valence-corrected chi connectivity index (χ0v) is 28.5. The fourth-order valence-corrected chi connectivity index (χ4v) is 8.90. The Morgan fingerprint density at radius 1 is 0.321 bits per heavy atom. The smallest absolute Gasteiger partial charge is 0.168 e. The first kappa shape index (κ1) is 28.5. The van der Waals surface area contributed by atoms with E-state index in [0.717, 1.165) is 34.2 Å². The molecule has 0 aliphatic heterocycles. The Morgan fingerprint density at radius 3 is 1.55 bits per heavy atom. The van der Waals surface area contributed by atoms with Gasteiger partial charge in [-0.15, -0.1) is 10.2 Å². The molecule has 8 aromatic carbocycles. The van der Waals surface area contributed by atoms with Crippen molar-refractivity contribution in [3.05, 3.63) is 176 Å². The molecule has 5 nitrogen and oxygen atoms in total. The molecule has 246 valence electrons. The van der Waals surface area contributed by atoms with Crippen molar-refractivity contribution in [2.45, 2.75) is 0 Å². The molecule has 0 N–H and O–H groups in total. The first-order valence-electron chi connectivity index (χ1n) is 18.0. The third kappa shape index (κ3) is 3.85. The van der Waals surface area contributed by atoms with Crippen molar-refractivity contribution in [2.24, 2.45) is 0 Å². The van der Waals surface area contributed by atoms with Gasteiger partial charge in [-0.1, -0.05) is 127 Å². The Hall–Kier alpha value is -7.24. The Bertz CT molecular complexity index is 3310. The molecule has 0 amide bonds. The summed E-state index contributed by atoms with van der Waals surface area (Å²) in [7, 11) is 0. The van der Waals surface area contributed by atoms with E-state index in [4.69, 9.17) is 10.2 Å². The SMILES string of the molecule is c1ccc(-c2nnc(-c3ccccc3)n2-c2ccc(-n3c4ccccc4c4c5c(ccc43)ccc3c5c4cccc5c6ccccc6n3c54)cc2)cc1. The molecule has 0 atom stereocenters. The van der Waals surface area contributed by atoms with E-state index in [-0.39, 0.29) is 0 Å². The number of rotatable bonds is 4. The predicted octanol–water partition coefficient (Wildman–Crippen LogP) is 12.0. The van der Waals surface area contributed by atoms with Crippen LogP contribution in [0.2, 0.25) is 0 Å². The maximum Gasteiger partial charge on any atom is 0.168 e. The van der Waals surface area contributed by atoms with Crippen LogP contribution in [0.1, 0.15) is 0 Å². The van der Waals surface area contributed by atoms with E-state index in [0.29, 0.717) is 0 Å². The highest BCUT2D eigenvalue weighted by molar-refractivity contribution is 6.35. The summed E-state index contributed by atoms with van der Waals surface area (Å²) in [5.41, 5.74) is 10.3. The van der Waals surface area contributed by atoms with Crippen LogP contribution in [0.4, 0.5) is 0 Å². The van der Waals surface area contributed by atoms with Crippen LogP contribution in [0.5, 0.6) is 0 Å². The number of hydrogen-bond acceptors (Lipinski definition) is 2. The van der Waals surface area contributed by atoms with Gasteiger partial charge in [-0.3, -0.25) is 4.57 Å². The second-order valence-corrected chi connectivity index (χ2v) is 13.9. The van der Waals surface area contributed by atoms with Gasteiger partial charge >= 0.3 is 0 Å². The highest BCUT2D eigenvalue weighted by Crippen LogP contribution is 2.45. The minimum absolute atomic E-state index is 0.808. The Kier molecular flexibility index (Phi) is 5.71. The normalized spacial score (nSPS) is 12.2. The summed E-state index contributed by atoms with van der Waals surface area (Å²) < 4.78 is 7.06. The third-order valence-corrected chi connectivity index (χ3v) is 11.1. The Labute approximate surface area is 303 Å². The van der Waals surface area contributed by atoms with Gasteiger partial charge in [-0.25, -0.2) is 0 Å². The van der Waals surface area contributed by atoms with Gasteiger partial charge in [-0.05, 0) is 53.9 Å². The van der Waals surface area contributed by atoms with Crippen LogP contribution in [0.3, 0.4) is 0 Å². The Balaban J connectivity index is 1.11. The number of nitrogens with zero attached hydrogens (tertiary/aromatic N) is 5. The van der Waals surface area contributed by atoms with E-state index < -0.39 is 0 Å². The van der Waals surface area contributed by atoms with Crippen LogP contribution in [0, 0.1) is 0 Å². The van der Waals surface area contributed by atoms with Gasteiger partial charge in [0.25, 0.3) is 0 Å². The highest BCUT2D eigenvalue weighted by atomic mass is 15.3. The van der Waals surface area contributed by atoms with Crippen molar-refractivity contribution in [3.63, 3.8) is 0 Å². The summed E-state index contributed by atoms with van der Waals surface area (Å²) in [6.07, 6.45) is 0. The van der Waals surface area contributed by atoms with Gasteiger partial charge in [0, 0.05) is 60.2 Å². The molecule has 0 bridgehead atoms. The van der Waals surface area contributed by atoms with Crippen molar-refractivity contribution in [1.82, 2.24) is 23.7 Å². The van der Waals surface area contributed by atoms with Crippen molar-refractivity contribution in [1.29, 1.82) is 0 Å². The molecule has 0 saturated heterocycles. The average Bonchev–Trinajstić information content (AvgIpc) is 3.99. The average molecular weight is 676 g/mol. The van der Waals surface area contributed by atoms with E-state index in [1.165, 1.54) is 70.7 Å². The Morgan fingerprint density at radius 2 is 0.849 bits per heavy atom. The number of benzene rings is 8. The number of para-hydroxylation sites is 3. The van der Waals surface area contributed by atoms with E-state index in [9.17, 15) is 0 Å². The summed E-state index contributed by atoms with van der Waals surface area (Å²) in [5.74, 6) is 1.62. The standard InChI is InChI=1S/C48H29N5/c1-3-12-31(13-4-1)47-49-50-48(32-14-5-2-6-15-32)52(47)34-26-24-33(25-27-34)51-40-21-10-8-17-37(40)44-41(51)28-22-30-23-29-42-45(43(30)44)38-19-11-18-36-35-16-7-9-20-39(35)53(42)46(36)38/h1-29H. The van der Waals surface area contributed by atoms with Gasteiger partial charge in [0.15, 0.2) is 11.6 Å². The van der Waals surface area contributed by atoms with Crippen molar-refractivity contribution in [2.75, 3.05) is 0 Å². The molecule has 53 heavy (non-hydrogen) atoms. The maximum atomic E-state index is 4.70. The van der Waals surface area contributed by atoms with E-state index >= 15 is 0 Å². The van der Waals surface area contributed by atoms with E-state index in [1.54, 1.807) is 0 Å². The second kappa shape index (κ2) is 10.6. The molecule has 0 spiro atoms. The molecule has 0 aliphatic rings. The zero-order chi connectivity index (χ0) is 34.6. The molecular weight excluding hydrogens is 647 g/mol. The lowest BCUT2D eigenvalue weighted by atomic mass is 9.98. The van der Waals surface area contributed by atoms with Gasteiger partial charge < -0.3 is 8.97 Å². The largest absolute Gasteiger partial charge is 0.309 e. The predicted molar refractivity (Wildman–Crippen MR) is 219 cm³/mol. The number of fused-ring (bicyclic) bond motifs is 12. The molecule has 4 aromatic heterocycles. The van der Waals surface area contributed by atoms with Crippen LogP contribution in [0.25, 0.3) is 105 Å². The second-order valence-electron chi connectivity index (χ2n) is 13.9. The summed E-state index contributed by atoms with van der Waals surface area (Å²) in [6.45, 7) is 0. The number of aromatic nitrogens is 5. The van der Waals surface area contributed by atoms with Gasteiger partial charge in [0.2, 0.25) is 0 Å². The fraction of sp³-hybridized carbons (Fsp3) is 0. The first-order valence-corrected chi connectivity index (χ1v) is 18.0. The van der Waals surface area contributed by atoms with Crippen molar-refractivity contribution < 1.29 is 0 Å². The van der Waals surface area contributed by atoms with Crippen molar-refractivity contribution >= 4 is 70.7 Å². The van der Waals surface area contributed by atoms with Gasteiger partial charge in [0.1, 0.15) is 0 Å². The molecule has 12 rings (SSSR count). The summed E-state index contributed by atoms with van der Waals surface area (Å²) in [5, 5.41) is 19.7. The lowest BCUT2D eigenvalue weighted by Gasteiger charge is -2.13. The van der Waals surface area contributed by atoms with Gasteiger partial charge in [0.05, 0.1) is 27.6 Å². The minimum atomic E-state index is 0.808. The molecule has 5 heteroatoms. The third-order valence-electron chi connectivity index (χ3n) is 11.1. The highest BCUT2D eigenvalue weighted by Gasteiger charge is 2.23. The molecular formula is C48H29N5. The van der Waals surface area contributed by atoms with Gasteiger partial charge in [-0.2, -0.15) is 0 Å². The molecule has 0 radical (unpaired) electrons. The topological polar surface area (TPSA) is 40.0 Å². The van der Waals surface area contributed by atoms with Crippen LogP contribution in [-0.2, 0) is 0 Å². The van der Waals surface area contributed by atoms with E-state index in [2.05, 4.69) is 153 Å². The molecule has 4 heterocycles. The molecule has 12 aromatic rings. The maximum absolute atomic E-state index is 4.70. The van der Waals surface area contributed by atoms with Crippen LogP contribution in [0.15, 0.2) is 176 Å². The zero-order valence-electron chi connectivity index (χ0n) is 28.5. The van der Waals surface area contributed by atoms with Crippen LogP contribution in [-0.4, -0.2) is 23.7 Å². The summed E-state index contributed by atoms with van der Waals surface area (Å²) in [6, 6.07) is 63.0. The molecule has 0 fully saturated rings. The van der Waals surface area contributed by atoms with Crippen LogP contribution < -0.4 is 0 Å². The quantitative estimate of drug-likeness (QED) is 0.186. The summed E-state index contributed by atoms with van der Waals surface area (Å²) >= 11 is 0. The van der Waals surface area contributed by atoms with Crippen molar-refractivity contribution in [3.8, 4) is 34.2 Å². The summed E-state index contributed by atoms with van der Waals surface area (Å²) in [4.78, 5) is 0. The lowest BCUT2D eigenvalue weighted by Crippen LogP contribution is -2.01. The monoisotopic (exact) mass is 675 g/mol. The van der Waals surface area contributed by atoms with Crippen LogP contribution >= 0.6 is 0 Å². The fourth-order valence-electron chi connectivity index (χ4n) is 8.90. The lowest BCUT2D eigenvalue weighted by molar-refractivity contribution is 1.07.